The molecule has 6 heteroatoms. The van der Waals surface area contributed by atoms with E-state index in [0.29, 0.717) is 0 Å². The molecule has 0 saturated carbocycles. The average molecular weight is 307 g/mol. The van der Waals surface area contributed by atoms with Gasteiger partial charge in [-0.05, 0) is 37.8 Å². The summed E-state index contributed by atoms with van der Waals surface area (Å²) in [4.78, 5) is 19.6. The molecule has 0 bridgehead atoms. The zero-order valence-corrected chi connectivity index (χ0v) is 13.1. The van der Waals surface area contributed by atoms with Gasteiger partial charge in [0.2, 0.25) is 0 Å². The van der Waals surface area contributed by atoms with Gasteiger partial charge in [0.1, 0.15) is 0 Å². The highest BCUT2D eigenvalue weighted by atomic mass is 32.1. The topological polar surface area (TPSA) is 57.8 Å². The van der Waals surface area contributed by atoms with Crippen molar-refractivity contribution in [3.8, 4) is 0 Å². The summed E-state index contributed by atoms with van der Waals surface area (Å²) >= 11 is 1.48. The summed E-state index contributed by atoms with van der Waals surface area (Å²) in [6.45, 7) is 5.06. The predicted octanol–water partition coefficient (Wildman–Crippen LogP) is 1.74. The van der Waals surface area contributed by atoms with Gasteiger partial charge in [0.05, 0.1) is 5.69 Å². The highest BCUT2D eigenvalue weighted by molar-refractivity contribution is 7.15. The Morgan fingerprint density at radius 3 is 2.86 bits per heavy atom. The van der Waals surface area contributed by atoms with Crippen LogP contribution < -0.4 is 5.56 Å². The molecule has 3 heterocycles. The Morgan fingerprint density at radius 2 is 2.19 bits per heavy atom. The molecule has 1 aliphatic heterocycles. The van der Waals surface area contributed by atoms with Crippen LogP contribution in [0.25, 0.3) is 4.96 Å². The third-order valence-electron chi connectivity index (χ3n) is 4.74. The van der Waals surface area contributed by atoms with Crippen molar-refractivity contribution in [1.29, 1.82) is 0 Å². The molecule has 1 aliphatic rings. The minimum atomic E-state index is -0.00785. The van der Waals surface area contributed by atoms with Crippen LogP contribution in [0.4, 0.5) is 0 Å². The van der Waals surface area contributed by atoms with Crippen LogP contribution >= 0.6 is 11.3 Å². The number of fused-ring (bicyclic) bond motifs is 1. The van der Waals surface area contributed by atoms with Crippen LogP contribution in [0, 0.1) is 5.41 Å². The number of thiazole rings is 1. The van der Waals surface area contributed by atoms with Crippen molar-refractivity contribution in [2.75, 3.05) is 19.7 Å². The Bertz CT molecular complexity index is 665. The molecular formula is C15H21N3O2S. The molecule has 0 aromatic carbocycles. The highest BCUT2D eigenvalue weighted by Gasteiger charge is 2.32. The molecule has 0 spiro atoms. The van der Waals surface area contributed by atoms with Gasteiger partial charge in [-0.25, -0.2) is 4.98 Å². The molecule has 1 N–H and O–H groups in total. The lowest BCUT2D eigenvalue weighted by Gasteiger charge is -2.40. The molecule has 0 aliphatic carbocycles. The SMILES string of the molecule is CCC1(CO)CCN(Cc2cc(=O)n3ccsc3n2)CC1. The van der Waals surface area contributed by atoms with Gasteiger partial charge in [-0.2, -0.15) is 0 Å². The lowest BCUT2D eigenvalue weighted by Crippen LogP contribution is -2.41. The zero-order valence-electron chi connectivity index (χ0n) is 12.3. The summed E-state index contributed by atoms with van der Waals surface area (Å²) in [5.74, 6) is 0. The number of hydrogen-bond donors (Lipinski definition) is 1. The fourth-order valence-electron chi connectivity index (χ4n) is 3.01. The number of aromatic nitrogens is 2. The summed E-state index contributed by atoms with van der Waals surface area (Å²) in [6.07, 6.45) is 4.81. The first kappa shape index (κ1) is 14.7. The summed E-state index contributed by atoms with van der Waals surface area (Å²) in [5, 5.41) is 11.5. The van der Waals surface area contributed by atoms with E-state index in [0.717, 1.165) is 49.6 Å². The first-order valence-corrected chi connectivity index (χ1v) is 8.33. The lowest BCUT2D eigenvalue weighted by molar-refractivity contribution is 0.0378. The quantitative estimate of drug-likeness (QED) is 0.935. The predicted molar refractivity (Wildman–Crippen MR) is 83.7 cm³/mol. The van der Waals surface area contributed by atoms with E-state index >= 15 is 0 Å². The molecule has 0 radical (unpaired) electrons. The van der Waals surface area contributed by atoms with Gasteiger partial charge >= 0.3 is 0 Å². The molecule has 0 unspecified atom stereocenters. The van der Waals surface area contributed by atoms with Crippen LogP contribution in [-0.4, -0.2) is 39.1 Å². The van der Waals surface area contributed by atoms with Crippen molar-refractivity contribution in [2.45, 2.75) is 32.7 Å². The summed E-state index contributed by atoms with van der Waals surface area (Å²) in [7, 11) is 0. The molecule has 0 amide bonds. The molecule has 21 heavy (non-hydrogen) atoms. The van der Waals surface area contributed by atoms with Gasteiger partial charge in [-0.15, -0.1) is 11.3 Å². The first-order valence-electron chi connectivity index (χ1n) is 7.45. The molecular weight excluding hydrogens is 286 g/mol. The number of nitrogens with zero attached hydrogens (tertiary/aromatic N) is 3. The van der Waals surface area contributed by atoms with E-state index in [9.17, 15) is 9.90 Å². The van der Waals surface area contributed by atoms with E-state index < -0.39 is 0 Å². The number of rotatable bonds is 4. The van der Waals surface area contributed by atoms with E-state index in [4.69, 9.17) is 0 Å². The van der Waals surface area contributed by atoms with Crippen LogP contribution in [-0.2, 0) is 6.54 Å². The van der Waals surface area contributed by atoms with Gasteiger partial charge < -0.3 is 5.11 Å². The number of likely N-dealkylation sites (tertiary alicyclic amines) is 1. The van der Waals surface area contributed by atoms with E-state index in [1.54, 1.807) is 16.7 Å². The van der Waals surface area contributed by atoms with Gasteiger partial charge in [0.15, 0.2) is 4.96 Å². The third kappa shape index (κ3) is 2.88. The minimum absolute atomic E-state index is 0.00785. The summed E-state index contributed by atoms with van der Waals surface area (Å²) in [6, 6.07) is 1.63. The lowest BCUT2D eigenvalue weighted by atomic mass is 9.77. The Hall–Kier alpha value is -1.24. The van der Waals surface area contributed by atoms with Gasteiger partial charge in [0, 0.05) is 30.8 Å². The van der Waals surface area contributed by atoms with Crippen molar-refractivity contribution in [2.24, 2.45) is 5.41 Å². The van der Waals surface area contributed by atoms with E-state index in [-0.39, 0.29) is 17.6 Å². The number of aliphatic hydroxyl groups is 1. The number of hydrogen-bond acceptors (Lipinski definition) is 5. The van der Waals surface area contributed by atoms with Crippen LogP contribution in [0.2, 0.25) is 0 Å². The standard InChI is InChI=1S/C15H21N3O2S/c1-2-15(11-19)3-5-17(6-4-15)10-12-9-13(20)18-7-8-21-14(18)16-12/h7-9,19H,2-6,10-11H2,1H3. The molecule has 3 rings (SSSR count). The van der Waals surface area contributed by atoms with Crippen LogP contribution in [0.1, 0.15) is 31.9 Å². The normalized spacial score (nSPS) is 19.1. The van der Waals surface area contributed by atoms with Crippen molar-refractivity contribution >= 4 is 16.3 Å². The largest absolute Gasteiger partial charge is 0.396 e. The second kappa shape index (κ2) is 5.87. The van der Waals surface area contributed by atoms with E-state index in [1.165, 1.54) is 11.3 Å². The first-order chi connectivity index (χ1) is 10.2. The fraction of sp³-hybridized carbons (Fsp3) is 0.600. The zero-order chi connectivity index (χ0) is 14.9. The molecule has 0 atom stereocenters. The average Bonchev–Trinajstić information content (AvgIpc) is 2.97. The van der Waals surface area contributed by atoms with Gasteiger partial charge in [-0.3, -0.25) is 14.1 Å². The molecule has 2 aromatic rings. The molecule has 2 aromatic heterocycles. The highest BCUT2D eigenvalue weighted by Crippen LogP contribution is 2.34. The van der Waals surface area contributed by atoms with Crippen LogP contribution in [0.5, 0.6) is 0 Å². The van der Waals surface area contributed by atoms with Gasteiger partial charge in [-0.1, -0.05) is 6.92 Å². The monoisotopic (exact) mass is 307 g/mol. The summed E-state index contributed by atoms with van der Waals surface area (Å²) < 4.78 is 1.58. The Morgan fingerprint density at radius 1 is 1.43 bits per heavy atom. The maximum Gasteiger partial charge on any atom is 0.258 e. The maximum atomic E-state index is 12.0. The van der Waals surface area contributed by atoms with E-state index in [1.807, 2.05) is 5.38 Å². The second-order valence-electron chi connectivity index (χ2n) is 5.93. The third-order valence-corrected chi connectivity index (χ3v) is 5.50. The van der Waals surface area contributed by atoms with Gasteiger partial charge in [0.25, 0.3) is 5.56 Å². The summed E-state index contributed by atoms with van der Waals surface area (Å²) in [5.41, 5.74) is 0.934. The van der Waals surface area contributed by atoms with Crippen molar-refractivity contribution in [3.05, 3.63) is 33.7 Å². The van der Waals surface area contributed by atoms with Crippen LogP contribution in [0.3, 0.4) is 0 Å². The number of piperidine rings is 1. The molecule has 1 fully saturated rings. The van der Waals surface area contributed by atoms with Crippen molar-refractivity contribution in [3.63, 3.8) is 0 Å². The van der Waals surface area contributed by atoms with Crippen LogP contribution in [0.15, 0.2) is 22.4 Å². The Kier molecular flexibility index (Phi) is 4.10. The second-order valence-corrected chi connectivity index (χ2v) is 6.80. The fourth-order valence-corrected chi connectivity index (χ4v) is 3.75. The maximum absolute atomic E-state index is 12.0. The smallest absolute Gasteiger partial charge is 0.258 e. The van der Waals surface area contributed by atoms with E-state index in [2.05, 4.69) is 16.8 Å². The minimum Gasteiger partial charge on any atom is -0.396 e. The molecule has 5 nitrogen and oxygen atoms in total. The molecule has 1 saturated heterocycles. The Balaban J connectivity index is 1.71. The Labute approximate surface area is 127 Å². The van der Waals surface area contributed by atoms with Crippen molar-refractivity contribution in [1.82, 2.24) is 14.3 Å². The number of aliphatic hydroxyl groups excluding tert-OH is 1. The van der Waals surface area contributed by atoms with Crippen molar-refractivity contribution < 1.29 is 5.11 Å². The molecule has 114 valence electrons.